The van der Waals surface area contributed by atoms with E-state index in [9.17, 15) is 0 Å². The van der Waals surface area contributed by atoms with Crippen molar-refractivity contribution in [3.8, 4) is 0 Å². The second kappa shape index (κ2) is 8.56. The lowest BCUT2D eigenvalue weighted by molar-refractivity contribution is 0.317. The molecule has 0 aromatic rings. The minimum atomic E-state index is -1.66. The Bertz CT molecular complexity index is 430. The summed E-state index contributed by atoms with van der Waals surface area (Å²) in [6.07, 6.45) is 2.32. The quantitative estimate of drug-likeness (QED) is 0.400. The molecule has 0 fully saturated rings. The van der Waals surface area contributed by atoms with Crippen LogP contribution >= 0.6 is 0 Å². The minimum absolute atomic E-state index is 0.360. The fourth-order valence-electron chi connectivity index (χ4n) is 3.58. The first-order valence-corrected chi connectivity index (χ1v) is 14.7. The van der Waals surface area contributed by atoms with E-state index in [0.717, 1.165) is 11.5 Å². The third-order valence-corrected chi connectivity index (χ3v) is 15.0. The summed E-state index contributed by atoms with van der Waals surface area (Å²) in [5, 5.41) is 0. The Morgan fingerprint density at radius 3 is 1.57 bits per heavy atom. The highest BCUT2D eigenvalue weighted by Gasteiger charge is 2.39. The molecule has 0 aromatic heterocycles. The second-order valence-electron chi connectivity index (χ2n) is 7.02. The van der Waals surface area contributed by atoms with E-state index in [0.29, 0.717) is 5.92 Å². The maximum absolute atomic E-state index is 6.78. The molecule has 0 heterocycles. The molecular formula is C19H38O2Si2. The predicted octanol–water partition coefficient (Wildman–Crippen LogP) is 6.84. The molecule has 0 saturated carbocycles. The molecule has 0 aromatic carbocycles. The van der Waals surface area contributed by atoms with Gasteiger partial charge in [0.25, 0.3) is 8.32 Å². The Balaban J connectivity index is 3.20. The van der Waals surface area contributed by atoms with E-state index in [1.165, 1.54) is 41.8 Å². The van der Waals surface area contributed by atoms with Crippen molar-refractivity contribution >= 4 is 16.6 Å². The maximum atomic E-state index is 6.78. The highest BCUT2D eigenvalue weighted by atomic mass is 28.4. The molecule has 0 bridgehead atoms. The van der Waals surface area contributed by atoms with Crippen LogP contribution in [0.3, 0.4) is 0 Å². The monoisotopic (exact) mass is 354 g/mol. The molecule has 0 amide bonds. The van der Waals surface area contributed by atoms with Crippen LogP contribution in [0, 0.1) is 5.92 Å². The zero-order chi connectivity index (χ0) is 17.7. The molecule has 1 rings (SSSR count). The highest BCUT2D eigenvalue weighted by molar-refractivity contribution is 6.74. The zero-order valence-corrected chi connectivity index (χ0v) is 18.7. The Morgan fingerprint density at radius 1 is 0.783 bits per heavy atom. The average Bonchev–Trinajstić information content (AvgIpc) is 2.83. The SMILES string of the molecule is CC[Si](CC)(CC)OC1=C(O[Si](CC)(CC)CC)C(C)C=C1C. The van der Waals surface area contributed by atoms with Crippen molar-refractivity contribution in [1.82, 2.24) is 0 Å². The van der Waals surface area contributed by atoms with Crippen LogP contribution in [0.1, 0.15) is 55.4 Å². The maximum Gasteiger partial charge on any atom is 0.250 e. The van der Waals surface area contributed by atoms with Crippen LogP contribution < -0.4 is 0 Å². The number of hydrogen-bond donors (Lipinski definition) is 0. The lowest BCUT2D eigenvalue weighted by Crippen LogP contribution is -2.38. The topological polar surface area (TPSA) is 18.5 Å². The molecule has 1 atom stereocenters. The summed E-state index contributed by atoms with van der Waals surface area (Å²) in [5.74, 6) is 2.60. The van der Waals surface area contributed by atoms with Crippen molar-refractivity contribution in [3.63, 3.8) is 0 Å². The molecule has 0 aliphatic heterocycles. The number of allylic oxidation sites excluding steroid dienone is 2. The van der Waals surface area contributed by atoms with E-state index in [1.807, 2.05) is 0 Å². The van der Waals surface area contributed by atoms with E-state index >= 15 is 0 Å². The summed E-state index contributed by atoms with van der Waals surface area (Å²) in [7, 11) is -3.32. The van der Waals surface area contributed by atoms with E-state index < -0.39 is 16.6 Å². The fraction of sp³-hybridized carbons (Fsp3) is 0.789. The van der Waals surface area contributed by atoms with Gasteiger partial charge in [0.2, 0.25) is 8.32 Å². The molecule has 134 valence electrons. The third-order valence-electron chi connectivity index (χ3n) is 6.01. The van der Waals surface area contributed by atoms with Gasteiger partial charge in [0.15, 0.2) is 0 Å². The highest BCUT2D eigenvalue weighted by Crippen LogP contribution is 2.39. The summed E-state index contributed by atoms with van der Waals surface area (Å²) < 4.78 is 13.6. The molecule has 4 heteroatoms. The normalized spacial score (nSPS) is 19.1. The zero-order valence-electron chi connectivity index (χ0n) is 16.7. The van der Waals surface area contributed by atoms with Crippen LogP contribution in [0.5, 0.6) is 0 Å². The Labute approximate surface area is 146 Å². The van der Waals surface area contributed by atoms with Gasteiger partial charge in [0, 0.05) is 5.92 Å². The van der Waals surface area contributed by atoms with Gasteiger partial charge >= 0.3 is 0 Å². The largest absolute Gasteiger partial charge is 0.543 e. The summed E-state index contributed by atoms with van der Waals surface area (Å²) in [6.45, 7) is 18.2. The smallest absolute Gasteiger partial charge is 0.250 e. The van der Waals surface area contributed by atoms with Crippen LogP contribution in [0.4, 0.5) is 0 Å². The van der Waals surface area contributed by atoms with E-state index in [1.54, 1.807) is 0 Å². The molecule has 1 unspecified atom stereocenters. The van der Waals surface area contributed by atoms with Gasteiger partial charge < -0.3 is 8.85 Å². The van der Waals surface area contributed by atoms with Gasteiger partial charge in [-0.2, -0.15) is 0 Å². The van der Waals surface area contributed by atoms with Gasteiger partial charge in [-0.1, -0.05) is 54.5 Å². The fourth-order valence-corrected chi connectivity index (χ4v) is 8.89. The van der Waals surface area contributed by atoms with Crippen molar-refractivity contribution in [3.05, 3.63) is 23.2 Å². The standard InChI is InChI=1S/C19H38O2Si2/c1-9-22(10-2,11-3)20-18-16(7)15-17(8)19(18)21-23(12-4,13-5)14-6/h15-16H,9-14H2,1-8H3. The number of hydrogen-bond acceptors (Lipinski definition) is 2. The number of rotatable bonds is 10. The molecule has 0 radical (unpaired) electrons. The molecular weight excluding hydrogens is 316 g/mol. The first-order chi connectivity index (χ1) is 10.9. The molecule has 0 saturated heterocycles. The van der Waals surface area contributed by atoms with Gasteiger partial charge in [0.1, 0.15) is 11.5 Å². The lowest BCUT2D eigenvalue weighted by Gasteiger charge is -2.34. The molecule has 1 aliphatic carbocycles. The van der Waals surface area contributed by atoms with Crippen molar-refractivity contribution < 1.29 is 8.85 Å². The van der Waals surface area contributed by atoms with E-state index in [4.69, 9.17) is 8.85 Å². The van der Waals surface area contributed by atoms with Gasteiger partial charge in [0.05, 0.1) is 0 Å². The summed E-state index contributed by atoms with van der Waals surface area (Å²) in [5.41, 5.74) is 1.28. The Morgan fingerprint density at radius 2 is 1.17 bits per heavy atom. The van der Waals surface area contributed by atoms with Crippen LogP contribution in [0.25, 0.3) is 0 Å². The van der Waals surface area contributed by atoms with Gasteiger partial charge in [-0.3, -0.25) is 0 Å². The summed E-state index contributed by atoms with van der Waals surface area (Å²) in [4.78, 5) is 0. The first-order valence-electron chi connectivity index (χ1n) is 9.67. The van der Waals surface area contributed by atoms with Crippen LogP contribution in [-0.4, -0.2) is 16.6 Å². The molecule has 2 nitrogen and oxygen atoms in total. The van der Waals surface area contributed by atoms with Crippen molar-refractivity contribution in [2.45, 2.75) is 91.7 Å². The molecule has 0 spiro atoms. The Kier molecular flexibility index (Phi) is 7.65. The molecule has 23 heavy (non-hydrogen) atoms. The lowest BCUT2D eigenvalue weighted by atomic mass is 10.2. The van der Waals surface area contributed by atoms with E-state index in [-0.39, 0.29) is 0 Å². The third kappa shape index (κ3) is 4.33. The van der Waals surface area contributed by atoms with E-state index in [2.05, 4.69) is 61.5 Å². The van der Waals surface area contributed by atoms with Gasteiger partial charge in [-0.25, -0.2) is 0 Å². The predicted molar refractivity (Wildman–Crippen MR) is 107 cm³/mol. The second-order valence-corrected chi connectivity index (χ2v) is 16.4. The van der Waals surface area contributed by atoms with Gasteiger partial charge in [-0.15, -0.1) is 0 Å². The molecule has 0 N–H and O–H groups in total. The minimum Gasteiger partial charge on any atom is -0.543 e. The molecule has 1 aliphatic rings. The van der Waals surface area contributed by atoms with Crippen LogP contribution in [0.15, 0.2) is 23.2 Å². The first kappa shape index (κ1) is 20.6. The Hall–Kier alpha value is -0.486. The average molecular weight is 355 g/mol. The van der Waals surface area contributed by atoms with Crippen molar-refractivity contribution in [1.29, 1.82) is 0 Å². The summed E-state index contributed by atoms with van der Waals surface area (Å²) in [6, 6.07) is 7.07. The summed E-state index contributed by atoms with van der Waals surface area (Å²) >= 11 is 0. The van der Waals surface area contributed by atoms with Gasteiger partial charge in [-0.05, 0) is 48.8 Å². The van der Waals surface area contributed by atoms with Crippen LogP contribution in [0.2, 0.25) is 36.3 Å². The van der Waals surface area contributed by atoms with Crippen molar-refractivity contribution in [2.24, 2.45) is 5.92 Å². The van der Waals surface area contributed by atoms with Crippen molar-refractivity contribution in [2.75, 3.05) is 0 Å². The van der Waals surface area contributed by atoms with Crippen LogP contribution in [-0.2, 0) is 8.85 Å².